The molecule has 0 saturated carbocycles. The molecule has 8 heteroatoms. The molecule has 1 atom stereocenters. The number of benzene rings is 2. The fourth-order valence-corrected chi connectivity index (χ4v) is 3.56. The van der Waals surface area contributed by atoms with Crippen molar-refractivity contribution in [1.82, 2.24) is 0 Å². The van der Waals surface area contributed by atoms with Crippen LogP contribution in [0.3, 0.4) is 0 Å². The van der Waals surface area contributed by atoms with Crippen LogP contribution in [0.4, 0.5) is 20.2 Å². The normalized spacial score (nSPS) is 16.4. The predicted octanol–water partition coefficient (Wildman–Crippen LogP) is 5.96. The average molecular weight is 540 g/mol. The zero-order valence-electron chi connectivity index (χ0n) is 17.3. The van der Waals surface area contributed by atoms with Gasteiger partial charge in [-0.25, -0.2) is 0 Å². The highest BCUT2D eigenvalue weighted by atomic mass is 127. The number of fused-ring (bicyclic) bond motifs is 1. The Morgan fingerprint density at radius 1 is 1.26 bits per heavy atom. The van der Waals surface area contributed by atoms with E-state index in [4.69, 9.17) is 4.74 Å². The Hall–Kier alpha value is -2.49. The van der Waals surface area contributed by atoms with E-state index in [0.717, 1.165) is 28.2 Å². The second-order valence-corrected chi connectivity index (χ2v) is 9.15. The van der Waals surface area contributed by atoms with Crippen LogP contribution in [0.25, 0.3) is 5.57 Å². The van der Waals surface area contributed by atoms with Crippen LogP contribution in [0.1, 0.15) is 38.3 Å². The molecule has 0 saturated heterocycles. The molecule has 0 bridgehead atoms. The molecule has 3 rings (SSSR count). The Bertz CT molecular complexity index is 1010. The molecule has 5 nitrogen and oxygen atoms in total. The molecule has 31 heavy (non-hydrogen) atoms. The summed E-state index contributed by atoms with van der Waals surface area (Å²) in [6.07, 6.45) is 1.51. The second kappa shape index (κ2) is 9.33. The minimum atomic E-state index is -2.95. The van der Waals surface area contributed by atoms with Crippen molar-refractivity contribution in [3.63, 3.8) is 0 Å². The highest BCUT2D eigenvalue weighted by Gasteiger charge is 2.26. The van der Waals surface area contributed by atoms with Crippen molar-refractivity contribution in [2.24, 2.45) is 5.92 Å². The van der Waals surface area contributed by atoms with Gasteiger partial charge in [0.2, 0.25) is 5.91 Å². The van der Waals surface area contributed by atoms with Gasteiger partial charge in [0.05, 0.1) is 5.69 Å². The van der Waals surface area contributed by atoms with Crippen LogP contribution in [0.15, 0.2) is 48.5 Å². The number of nitrogens with one attached hydrogen (secondary N) is 2. The molecule has 0 spiro atoms. The van der Waals surface area contributed by atoms with Crippen molar-refractivity contribution >= 4 is 51.4 Å². The Morgan fingerprint density at radius 3 is 2.55 bits per heavy atom. The number of ether oxygens (including phenoxy) is 1. The smallest absolute Gasteiger partial charge is 0.321 e. The summed E-state index contributed by atoms with van der Waals surface area (Å²) in [5.74, 6) is 0.196. The summed E-state index contributed by atoms with van der Waals surface area (Å²) in [4.78, 5) is 24.5. The number of alkyl halides is 3. The molecule has 0 aromatic heterocycles. The number of rotatable bonds is 6. The summed E-state index contributed by atoms with van der Waals surface area (Å²) in [5.41, 5.74) is 2.37. The molecule has 2 aromatic rings. The van der Waals surface area contributed by atoms with Crippen molar-refractivity contribution in [3.05, 3.63) is 59.7 Å². The molecule has 164 valence electrons. The quantitative estimate of drug-likeness (QED) is 0.270. The third kappa shape index (κ3) is 6.03. The lowest BCUT2D eigenvalue weighted by Crippen LogP contribution is -2.34. The van der Waals surface area contributed by atoms with Gasteiger partial charge >= 0.3 is 3.93 Å². The van der Waals surface area contributed by atoms with Gasteiger partial charge in [-0.3, -0.25) is 9.59 Å². The molecule has 1 unspecified atom stereocenters. The maximum absolute atomic E-state index is 13.5. The fourth-order valence-electron chi connectivity index (χ4n) is 3.20. The zero-order chi connectivity index (χ0) is 22.8. The van der Waals surface area contributed by atoms with E-state index in [9.17, 15) is 18.4 Å². The summed E-state index contributed by atoms with van der Waals surface area (Å²) in [6.45, 7) is 5.70. The monoisotopic (exact) mass is 540 g/mol. The van der Waals surface area contributed by atoms with Crippen LogP contribution in [0, 0.1) is 5.92 Å². The van der Waals surface area contributed by atoms with Crippen LogP contribution in [0.5, 0.6) is 5.75 Å². The van der Waals surface area contributed by atoms with Crippen molar-refractivity contribution in [1.29, 1.82) is 0 Å². The predicted molar refractivity (Wildman–Crippen MR) is 126 cm³/mol. The number of hydrogen-bond donors (Lipinski definition) is 2. The van der Waals surface area contributed by atoms with Gasteiger partial charge in [-0.15, -0.1) is 0 Å². The lowest BCUT2D eigenvalue weighted by molar-refractivity contribution is -0.122. The van der Waals surface area contributed by atoms with Crippen molar-refractivity contribution in [2.75, 3.05) is 10.6 Å². The van der Waals surface area contributed by atoms with Crippen LogP contribution >= 0.6 is 22.6 Å². The van der Waals surface area contributed by atoms with Crippen molar-refractivity contribution in [3.8, 4) is 5.75 Å². The standard InChI is InChI=1S/C23H23F2IN2O3/c1-13(2)10-16(15-4-6-17(7-5-15)23(24,25)26)11-21(29)27-18-8-9-20-19(12-18)28-22(30)14(3)31-20/h4-9,11-14H,10H2,1-3H3,(H,27,29)(H,28,30)/b16-11+. The number of carbonyl (C=O) groups excluding carboxylic acids is 2. The number of hydrogen-bond acceptors (Lipinski definition) is 3. The summed E-state index contributed by atoms with van der Waals surface area (Å²) in [5, 5.41) is 5.52. The molecule has 0 radical (unpaired) electrons. The van der Waals surface area contributed by atoms with Gasteiger partial charge in [-0.1, -0.05) is 38.1 Å². The Morgan fingerprint density at radius 2 is 1.94 bits per heavy atom. The highest BCUT2D eigenvalue weighted by Crippen LogP contribution is 2.36. The third-order valence-electron chi connectivity index (χ3n) is 4.69. The van der Waals surface area contributed by atoms with Gasteiger partial charge in [0.25, 0.3) is 5.91 Å². The average Bonchev–Trinajstić information content (AvgIpc) is 2.67. The van der Waals surface area contributed by atoms with E-state index in [-0.39, 0.29) is 23.3 Å². The first-order valence-electron chi connectivity index (χ1n) is 9.83. The van der Waals surface area contributed by atoms with Crippen LogP contribution < -0.4 is 15.4 Å². The van der Waals surface area contributed by atoms with E-state index in [1.54, 1.807) is 37.3 Å². The molecule has 1 heterocycles. The SMILES string of the molecule is CC(C)C/C(=C\C(=O)Nc1ccc2c(c1)NC(=O)C(C)O2)c1ccc(C(F)(F)I)cc1. The topological polar surface area (TPSA) is 67.4 Å². The molecule has 1 aliphatic rings. The first-order chi connectivity index (χ1) is 14.5. The van der Waals surface area contributed by atoms with E-state index in [0.29, 0.717) is 29.1 Å². The molecular formula is C23H23F2IN2O3. The molecule has 1 aliphatic heterocycles. The Balaban J connectivity index is 1.80. The summed E-state index contributed by atoms with van der Waals surface area (Å²) < 4.78 is 29.5. The van der Waals surface area contributed by atoms with E-state index in [1.807, 2.05) is 13.8 Å². The number of anilines is 2. The molecule has 2 aromatic carbocycles. The van der Waals surface area contributed by atoms with E-state index in [2.05, 4.69) is 10.6 Å². The number of amides is 2. The summed E-state index contributed by atoms with van der Waals surface area (Å²) in [6, 6.07) is 11.0. The van der Waals surface area contributed by atoms with E-state index in [1.165, 1.54) is 18.2 Å². The molecule has 2 amide bonds. The maximum Gasteiger partial charge on any atom is 0.321 e. The van der Waals surface area contributed by atoms with Crippen molar-refractivity contribution in [2.45, 2.75) is 37.2 Å². The molecular weight excluding hydrogens is 517 g/mol. The number of allylic oxidation sites excluding steroid dienone is 1. The first-order valence-corrected chi connectivity index (χ1v) is 10.9. The lowest BCUT2D eigenvalue weighted by atomic mass is 9.95. The minimum Gasteiger partial charge on any atom is -0.479 e. The molecule has 2 N–H and O–H groups in total. The maximum atomic E-state index is 13.5. The van der Waals surface area contributed by atoms with E-state index < -0.39 is 10.0 Å². The summed E-state index contributed by atoms with van der Waals surface area (Å²) >= 11 is 1.09. The van der Waals surface area contributed by atoms with Crippen molar-refractivity contribution < 1.29 is 23.1 Å². The second-order valence-electron chi connectivity index (χ2n) is 7.79. The fraction of sp³-hybridized carbons (Fsp3) is 0.304. The van der Waals surface area contributed by atoms with Gasteiger partial charge in [-0.2, -0.15) is 8.78 Å². The van der Waals surface area contributed by atoms with Gasteiger partial charge in [0.15, 0.2) is 6.10 Å². The largest absolute Gasteiger partial charge is 0.479 e. The third-order valence-corrected chi connectivity index (χ3v) is 5.32. The molecule has 0 fully saturated rings. The Labute approximate surface area is 193 Å². The van der Waals surface area contributed by atoms with Crippen LogP contribution in [-0.2, 0) is 13.5 Å². The minimum absolute atomic E-state index is 0.0853. The molecule has 0 aliphatic carbocycles. The van der Waals surface area contributed by atoms with Gasteiger partial charge in [-0.05, 0) is 48.6 Å². The lowest BCUT2D eigenvalue weighted by Gasteiger charge is -2.23. The van der Waals surface area contributed by atoms with Crippen LogP contribution in [0.2, 0.25) is 0 Å². The zero-order valence-corrected chi connectivity index (χ0v) is 19.5. The Kier molecular flexibility index (Phi) is 6.98. The van der Waals surface area contributed by atoms with Gasteiger partial charge in [0, 0.05) is 39.9 Å². The first kappa shape index (κ1) is 23.2. The number of halogens is 3. The number of carbonyl (C=O) groups is 2. The highest BCUT2D eigenvalue weighted by molar-refractivity contribution is 14.1. The van der Waals surface area contributed by atoms with E-state index >= 15 is 0 Å². The summed E-state index contributed by atoms with van der Waals surface area (Å²) in [7, 11) is 0. The van der Waals surface area contributed by atoms with Crippen LogP contribution in [-0.4, -0.2) is 17.9 Å². The van der Waals surface area contributed by atoms with Gasteiger partial charge < -0.3 is 15.4 Å². The van der Waals surface area contributed by atoms with Gasteiger partial charge in [0.1, 0.15) is 5.75 Å².